The maximum atomic E-state index is 11.6. The average molecular weight is 247 g/mol. The van der Waals surface area contributed by atoms with Crippen LogP contribution in [0.15, 0.2) is 18.2 Å². The van der Waals surface area contributed by atoms with Crippen molar-refractivity contribution in [1.29, 1.82) is 0 Å². The molecule has 0 heterocycles. The molecule has 1 saturated carbocycles. The Morgan fingerprint density at radius 2 is 1.89 bits per heavy atom. The van der Waals surface area contributed by atoms with Crippen molar-refractivity contribution in [2.75, 3.05) is 6.54 Å². The third kappa shape index (κ3) is 2.72. The summed E-state index contributed by atoms with van der Waals surface area (Å²) in [4.78, 5) is 11.6. The van der Waals surface area contributed by atoms with E-state index in [1.165, 1.54) is 12.8 Å². The van der Waals surface area contributed by atoms with Gasteiger partial charge in [-0.3, -0.25) is 5.32 Å². The molecule has 0 saturated heterocycles. The summed E-state index contributed by atoms with van der Waals surface area (Å²) in [5.41, 5.74) is 2.06. The molecule has 1 aromatic carbocycles. The Kier molecular flexibility index (Phi) is 3.44. The van der Waals surface area contributed by atoms with Crippen LogP contribution in [-0.2, 0) is 10.3 Å². The Balaban J connectivity index is 2.28. The molecule has 0 bridgehead atoms. The largest absolute Gasteiger partial charge is 0.480 e. The van der Waals surface area contributed by atoms with Crippen molar-refractivity contribution in [2.24, 2.45) is 5.92 Å². The summed E-state index contributed by atoms with van der Waals surface area (Å²) in [6.07, 6.45) is 2.44. The third-order valence-corrected chi connectivity index (χ3v) is 3.67. The van der Waals surface area contributed by atoms with Gasteiger partial charge in [0.25, 0.3) is 0 Å². The highest BCUT2D eigenvalue weighted by atomic mass is 16.4. The fourth-order valence-electron chi connectivity index (χ4n) is 2.23. The van der Waals surface area contributed by atoms with E-state index in [1.807, 2.05) is 26.0 Å². The summed E-state index contributed by atoms with van der Waals surface area (Å²) in [6.45, 7) is 6.54. The zero-order valence-electron chi connectivity index (χ0n) is 11.3. The molecule has 0 aliphatic heterocycles. The number of carbonyl (C=O) groups is 1. The molecular formula is C15H21NO2. The van der Waals surface area contributed by atoms with Gasteiger partial charge < -0.3 is 5.11 Å². The van der Waals surface area contributed by atoms with Gasteiger partial charge in [-0.25, -0.2) is 4.79 Å². The van der Waals surface area contributed by atoms with Crippen molar-refractivity contribution in [3.63, 3.8) is 0 Å². The fraction of sp³-hybridized carbons (Fsp3) is 0.533. The highest BCUT2D eigenvalue weighted by molar-refractivity contribution is 5.80. The normalized spacial score (nSPS) is 18.4. The first kappa shape index (κ1) is 13.1. The molecule has 1 aromatic rings. The van der Waals surface area contributed by atoms with Crippen molar-refractivity contribution in [1.82, 2.24) is 5.32 Å². The molecule has 3 nitrogen and oxygen atoms in total. The van der Waals surface area contributed by atoms with E-state index in [0.717, 1.165) is 23.2 Å². The number of carboxylic acid groups (broad SMARTS) is 1. The first-order valence-electron chi connectivity index (χ1n) is 6.49. The van der Waals surface area contributed by atoms with E-state index in [9.17, 15) is 9.90 Å². The smallest absolute Gasteiger partial charge is 0.328 e. The van der Waals surface area contributed by atoms with Gasteiger partial charge in [0.1, 0.15) is 5.54 Å². The first-order chi connectivity index (χ1) is 8.41. The number of hydrogen-bond acceptors (Lipinski definition) is 2. The molecule has 0 aromatic heterocycles. The fourth-order valence-corrected chi connectivity index (χ4v) is 2.23. The summed E-state index contributed by atoms with van der Waals surface area (Å²) in [5, 5.41) is 12.8. The van der Waals surface area contributed by atoms with Crippen LogP contribution in [0.25, 0.3) is 0 Å². The van der Waals surface area contributed by atoms with Crippen LogP contribution in [0, 0.1) is 19.8 Å². The number of nitrogens with one attached hydrogen (secondary N) is 1. The van der Waals surface area contributed by atoms with Crippen molar-refractivity contribution in [3.8, 4) is 0 Å². The van der Waals surface area contributed by atoms with Crippen LogP contribution in [0.5, 0.6) is 0 Å². The molecular weight excluding hydrogens is 226 g/mol. The lowest BCUT2D eigenvalue weighted by molar-refractivity contribution is -0.144. The molecule has 1 unspecified atom stereocenters. The van der Waals surface area contributed by atoms with Crippen LogP contribution in [0.4, 0.5) is 0 Å². The highest BCUT2D eigenvalue weighted by Gasteiger charge is 2.36. The van der Waals surface area contributed by atoms with Crippen LogP contribution in [0.1, 0.15) is 36.5 Å². The minimum absolute atomic E-state index is 0.662. The molecule has 0 amide bonds. The summed E-state index contributed by atoms with van der Waals surface area (Å²) < 4.78 is 0. The first-order valence-corrected chi connectivity index (χ1v) is 6.49. The summed E-state index contributed by atoms with van der Waals surface area (Å²) in [7, 11) is 0. The number of benzene rings is 1. The second kappa shape index (κ2) is 4.73. The Morgan fingerprint density at radius 1 is 1.33 bits per heavy atom. The summed E-state index contributed by atoms with van der Waals surface area (Å²) in [6, 6.07) is 5.98. The molecule has 1 atom stereocenters. The molecule has 0 spiro atoms. The van der Waals surface area contributed by atoms with Crippen LogP contribution in [0.3, 0.4) is 0 Å². The quantitative estimate of drug-likeness (QED) is 0.841. The topological polar surface area (TPSA) is 49.3 Å². The summed E-state index contributed by atoms with van der Waals surface area (Å²) in [5.74, 6) is -0.150. The van der Waals surface area contributed by atoms with E-state index in [0.29, 0.717) is 5.92 Å². The van der Waals surface area contributed by atoms with E-state index in [2.05, 4.69) is 11.4 Å². The van der Waals surface area contributed by atoms with Gasteiger partial charge in [0.05, 0.1) is 0 Å². The zero-order chi connectivity index (χ0) is 13.3. The van der Waals surface area contributed by atoms with Crippen molar-refractivity contribution in [2.45, 2.75) is 39.2 Å². The van der Waals surface area contributed by atoms with Gasteiger partial charge >= 0.3 is 5.97 Å². The number of rotatable bonds is 5. The van der Waals surface area contributed by atoms with E-state index in [-0.39, 0.29) is 0 Å². The maximum Gasteiger partial charge on any atom is 0.328 e. The molecule has 1 aliphatic carbocycles. The highest BCUT2D eigenvalue weighted by Crippen LogP contribution is 2.30. The molecule has 0 radical (unpaired) electrons. The lowest BCUT2D eigenvalue weighted by Crippen LogP contribution is -2.47. The van der Waals surface area contributed by atoms with Crippen LogP contribution in [-0.4, -0.2) is 17.6 Å². The van der Waals surface area contributed by atoms with Crippen molar-refractivity contribution >= 4 is 5.97 Å². The van der Waals surface area contributed by atoms with Gasteiger partial charge in [0, 0.05) is 0 Å². The van der Waals surface area contributed by atoms with Gasteiger partial charge in [-0.15, -0.1) is 0 Å². The predicted octanol–water partition coefficient (Wildman–Crippen LogP) is 2.60. The lowest BCUT2D eigenvalue weighted by Gasteiger charge is -2.27. The molecule has 3 heteroatoms. The van der Waals surface area contributed by atoms with E-state index in [4.69, 9.17) is 0 Å². The van der Waals surface area contributed by atoms with Crippen molar-refractivity contribution in [3.05, 3.63) is 34.9 Å². The van der Waals surface area contributed by atoms with E-state index >= 15 is 0 Å². The summed E-state index contributed by atoms with van der Waals surface area (Å²) >= 11 is 0. The third-order valence-electron chi connectivity index (χ3n) is 3.67. The Hall–Kier alpha value is -1.35. The molecule has 98 valence electrons. The predicted molar refractivity (Wildman–Crippen MR) is 71.6 cm³/mol. The van der Waals surface area contributed by atoms with Gasteiger partial charge in [0.15, 0.2) is 0 Å². The molecule has 1 aliphatic rings. The lowest BCUT2D eigenvalue weighted by atomic mass is 9.89. The van der Waals surface area contributed by atoms with Gasteiger partial charge in [-0.1, -0.05) is 29.3 Å². The van der Waals surface area contributed by atoms with Crippen LogP contribution < -0.4 is 5.32 Å². The number of carboxylic acids is 1. The molecule has 18 heavy (non-hydrogen) atoms. The number of hydrogen-bond donors (Lipinski definition) is 2. The van der Waals surface area contributed by atoms with Gasteiger partial charge in [0.2, 0.25) is 0 Å². The monoisotopic (exact) mass is 247 g/mol. The second-order valence-electron chi connectivity index (χ2n) is 5.63. The second-order valence-corrected chi connectivity index (χ2v) is 5.63. The standard InChI is InChI=1S/C15H21NO2/c1-10-6-11(2)8-13(7-10)15(3,14(17)18)16-9-12-4-5-12/h6-8,12,16H,4-5,9H2,1-3H3,(H,17,18). The molecule has 1 fully saturated rings. The van der Waals surface area contributed by atoms with Crippen molar-refractivity contribution < 1.29 is 9.90 Å². The van der Waals surface area contributed by atoms with Gasteiger partial charge in [-0.2, -0.15) is 0 Å². The van der Waals surface area contributed by atoms with Gasteiger partial charge in [-0.05, 0) is 51.6 Å². The SMILES string of the molecule is Cc1cc(C)cc(C(C)(NCC2CC2)C(=O)O)c1. The average Bonchev–Trinajstić information content (AvgIpc) is 3.07. The minimum Gasteiger partial charge on any atom is -0.480 e. The zero-order valence-corrected chi connectivity index (χ0v) is 11.3. The Morgan fingerprint density at radius 3 is 2.33 bits per heavy atom. The number of aliphatic carboxylic acids is 1. The van der Waals surface area contributed by atoms with Crippen LogP contribution in [0.2, 0.25) is 0 Å². The Labute approximate surface area is 108 Å². The van der Waals surface area contributed by atoms with Crippen LogP contribution >= 0.6 is 0 Å². The van der Waals surface area contributed by atoms with E-state index in [1.54, 1.807) is 6.92 Å². The van der Waals surface area contributed by atoms with E-state index < -0.39 is 11.5 Å². The molecule has 2 rings (SSSR count). The minimum atomic E-state index is -0.987. The molecule has 2 N–H and O–H groups in total. The number of aryl methyl sites for hydroxylation is 2. The maximum absolute atomic E-state index is 11.6. The Bertz CT molecular complexity index is 445.